The number of rotatable bonds is 6. The second-order valence-electron chi connectivity index (χ2n) is 12.2. The van der Waals surface area contributed by atoms with Gasteiger partial charge in [-0.3, -0.25) is 0 Å². The highest BCUT2D eigenvalue weighted by molar-refractivity contribution is 5.68. The van der Waals surface area contributed by atoms with Crippen molar-refractivity contribution < 1.29 is 43.8 Å². The zero-order valence-corrected chi connectivity index (χ0v) is 23.3. The van der Waals surface area contributed by atoms with Crippen LogP contribution in [-0.4, -0.2) is 94.4 Å². The molecule has 1 amide bonds. The van der Waals surface area contributed by atoms with Crippen molar-refractivity contribution in [2.45, 2.75) is 141 Å². The van der Waals surface area contributed by atoms with E-state index in [-0.39, 0.29) is 25.0 Å². The topological polar surface area (TPSA) is 162 Å². The number of nitrogens with two attached hydrogens (primary N) is 1. The Bertz CT molecular complexity index is 761. The van der Waals surface area contributed by atoms with Gasteiger partial charge in [0, 0.05) is 17.9 Å². The molecule has 0 aromatic heterocycles. The van der Waals surface area contributed by atoms with Gasteiger partial charge in [0.2, 0.25) is 0 Å². The molecule has 1 aliphatic carbocycles. The van der Waals surface area contributed by atoms with Crippen molar-refractivity contribution in [1.82, 2.24) is 5.32 Å². The molecule has 3 rings (SSSR count). The highest BCUT2D eigenvalue weighted by Gasteiger charge is 2.51. The Morgan fingerprint density at radius 2 is 1.76 bits per heavy atom. The average molecular weight is 533 g/mol. The lowest BCUT2D eigenvalue weighted by Crippen LogP contribution is -2.67. The zero-order valence-electron chi connectivity index (χ0n) is 23.3. The van der Waals surface area contributed by atoms with Gasteiger partial charge in [0.15, 0.2) is 12.6 Å². The molecule has 3 fully saturated rings. The lowest BCUT2D eigenvalue weighted by atomic mass is 9.82. The van der Waals surface area contributed by atoms with E-state index < -0.39 is 72.3 Å². The summed E-state index contributed by atoms with van der Waals surface area (Å²) in [4.78, 5) is 12.6. The maximum absolute atomic E-state index is 12.6. The molecule has 1 saturated carbocycles. The average Bonchev–Trinajstić information content (AvgIpc) is 2.79. The van der Waals surface area contributed by atoms with Crippen LogP contribution in [0.1, 0.15) is 74.1 Å². The summed E-state index contributed by atoms with van der Waals surface area (Å²) in [5, 5.41) is 35.4. The van der Waals surface area contributed by atoms with E-state index in [0.29, 0.717) is 0 Å². The van der Waals surface area contributed by atoms with Crippen LogP contribution in [0.5, 0.6) is 0 Å². The van der Waals surface area contributed by atoms with Crippen LogP contribution in [-0.2, 0) is 23.7 Å². The molecule has 6 N–H and O–H groups in total. The van der Waals surface area contributed by atoms with Crippen LogP contribution in [0, 0.1) is 11.8 Å². The number of alkyl carbamates (subject to hydrolysis) is 1. The first-order valence-corrected chi connectivity index (χ1v) is 13.5. The van der Waals surface area contributed by atoms with Crippen LogP contribution < -0.4 is 11.1 Å². The molecule has 37 heavy (non-hydrogen) atoms. The molecule has 0 aromatic rings. The minimum absolute atomic E-state index is 0.0392. The summed E-state index contributed by atoms with van der Waals surface area (Å²) in [5.74, 6) is -0.446. The highest BCUT2D eigenvalue weighted by atomic mass is 16.7. The van der Waals surface area contributed by atoms with Crippen molar-refractivity contribution in [3.63, 3.8) is 0 Å². The number of carbonyl (C=O) groups is 1. The summed E-state index contributed by atoms with van der Waals surface area (Å²) in [6, 6.07) is -1.38. The fourth-order valence-electron chi connectivity index (χ4n) is 5.15. The fourth-order valence-corrected chi connectivity index (χ4v) is 5.15. The molecule has 0 bridgehead atoms. The predicted octanol–water partition coefficient (Wildman–Crippen LogP) is 1.40. The number of aliphatic hydroxyl groups excluding tert-OH is 2. The Morgan fingerprint density at radius 3 is 2.38 bits per heavy atom. The van der Waals surface area contributed by atoms with E-state index in [2.05, 4.69) is 12.2 Å². The Kier molecular flexibility index (Phi) is 9.89. The Hall–Kier alpha value is -1.05. The smallest absolute Gasteiger partial charge is 0.407 e. The van der Waals surface area contributed by atoms with Crippen LogP contribution in [0.3, 0.4) is 0 Å². The van der Waals surface area contributed by atoms with E-state index in [4.69, 9.17) is 29.4 Å². The third-order valence-corrected chi connectivity index (χ3v) is 7.80. The van der Waals surface area contributed by atoms with E-state index in [9.17, 15) is 20.1 Å². The summed E-state index contributed by atoms with van der Waals surface area (Å²) < 4.78 is 29.6. The van der Waals surface area contributed by atoms with Gasteiger partial charge in [-0.15, -0.1) is 0 Å². The third-order valence-electron chi connectivity index (χ3n) is 7.80. The lowest BCUT2D eigenvalue weighted by molar-refractivity contribution is -0.315. The van der Waals surface area contributed by atoms with Crippen LogP contribution in [0.4, 0.5) is 4.79 Å². The van der Waals surface area contributed by atoms with Crippen LogP contribution >= 0.6 is 0 Å². The van der Waals surface area contributed by atoms with Crippen molar-refractivity contribution in [3.05, 3.63) is 0 Å². The number of aliphatic hydroxyl groups is 3. The molecule has 0 aromatic carbocycles. The standard InChI is InChI=1S/C26H48N2O9/c1-8-15-10-9-13(2)22(34-15)36-21-17(28-24(31)37-25(4,5)6)11-16(27)20(19(21)30)35-23-18(29)14(3)26(7,32)12-33-23/h13-23,29-30,32H,8-12,27H2,1-7H3,(H,28,31)/t13?,14-,15-,16-,17+,18?,19?,20?,21?,22-,23-,26?/m1/s1. The first-order chi connectivity index (χ1) is 17.1. The van der Waals surface area contributed by atoms with Gasteiger partial charge in [-0.25, -0.2) is 4.79 Å². The van der Waals surface area contributed by atoms with E-state index in [1.165, 1.54) is 0 Å². The highest BCUT2D eigenvalue weighted by Crippen LogP contribution is 2.35. The van der Waals surface area contributed by atoms with Gasteiger partial charge < -0.3 is 50.1 Å². The predicted molar refractivity (Wildman–Crippen MR) is 134 cm³/mol. The molecule has 0 spiro atoms. The van der Waals surface area contributed by atoms with Crippen molar-refractivity contribution >= 4 is 6.09 Å². The van der Waals surface area contributed by atoms with Crippen molar-refractivity contribution in [1.29, 1.82) is 0 Å². The third kappa shape index (κ3) is 7.54. The normalized spacial score (nSPS) is 45.3. The number of hydrogen-bond donors (Lipinski definition) is 5. The van der Waals surface area contributed by atoms with Crippen LogP contribution in [0.2, 0.25) is 0 Å². The van der Waals surface area contributed by atoms with E-state index in [1.807, 2.05) is 6.92 Å². The van der Waals surface area contributed by atoms with Gasteiger partial charge in [0.05, 0.1) is 24.4 Å². The number of ether oxygens (including phenoxy) is 5. The second-order valence-corrected chi connectivity index (χ2v) is 12.2. The number of amides is 1. The summed E-state index contributed by atoms with van der Waals surface area (Å²) in [7, 11) is 0. The number of nitrogens with one attached hydrogen (secondary N) is 1. The quantitative estimate of drug-likeness (QED) is 0.338. The van der Waals surface area contributed by atoms with E-state index >= 15 is 0 Å². The second kappa shape index (κ2) is 12.0. The maximum atomic E-state index is 12.6. The summed E-state index contributed by atoms with van der Waals surface area (Å²) in [6.45, 7) is 12.6. The van der Waals surface area contributed by atoms with Gasteiger partial charge in [-0.1, -0.05) is 20.8 Å². The lowest BCUT2D eigenvalue weighted by Gasteiger charge is -2.48. The Morgan fingerprint density at radius 1 is 1.11 bits per heavy atom. The first-order valence-electron chi connectivity index (χ1n) is 13.5. The fraction of sp³-hybridized carbons (Fsp3) is 0.962. The van der Waals surface area contributed by atoms with Crippen molar-refractivity contribution in [3.8, 4) is 0 Å². The summed E-state index contributed by atoms with van der Waals surface area (Å²) in [5.41, 5.74) is 4.51. The molecule has 2 aliphatic heterocycles. The van der Waals surface area contributed by atoms with Crippen molar-refractivity contribution in [2.24, 2.45) is 17.6 Å². The van der Waals surface area contributed by atoms with Gasteiger partial charge in [0.25, 0.3) is 0 Å². The van der Waals surface area contributed by atoms with Gasteiger partial charge in [-0.2, -0.15) is 0 Å². The molecule has 2 saturated heterocycles. The van der Waals surface area contributed by atoms with E-state index in [0.717, 1.165) is 19.3 Å². The monoisotopic (exact) mass is 532 g/mol. The van der Waals surface area contributed by atoms with Crippen LogP contribution in [0.15, 0.2) is 0 Å². The molecule has 0 radical (unpaired) electrons. The molecule has 6 unspecified atom stereocenters. The zero-order chi connectivity index (χ0) is 27.7. The largest absolute Gasteiger partial charge is 0.444 e. The number of carbonyl (C=O) groups excluding carboxylic acids is 1. The molecule has 3 aliphatic rings. The SMILES string of the molecule is CC[C@@H]1CCC(C)[C@@H](OC2C(O)C(O[C@H]3OCC(C)(O)[C@H](C)C3O)[C@H](N)C[C@@H]2NC(=O)OC(C)(C)C)O1. The minimum Gasteiger partial charge on any atom is -0.444 e. The van der Waals surface area contributed by atoms with Gasteiger partial charge in [-0.05, 0) is 53.4 Å². The van der Waals surface area contributed by atoms with Gasteiger partial charge in [0.1, 0.15) is 30.0 Å². The summed E-state index contributed by atoms with van der Waals surface area (Å²) in [6.07, 6.45) is -3.63. The van der Waals surface area contributed by atoms with E-state index in [1.54, 1.807) is 34.6 Å². The minimum atomic E-state index is -1.27. The summed E-state index contributed by atoms with van der Waals surface area (Å²) >= 11 is 0. The van der Waals surface area contributed by atoms with Gasteiger partial charge >= 0.3 is 6.09 Å². The molecule has 2 heterocycles. The Labute approximate surface area is 220 Å². The number of hydrogen-bond acceptors (Lipinski definition) is 10. The molecular formula is C26H48N2O9. The van der Waals surface area contributed by atoms with Crippen molar-refractivity contribution in [2.75, 3.05) is 6.61 Å². The molecule has 11 nitrogen and oxygen atoms in total. The first kappa shape index (κ1) is 30.5. The molecule has 11 heteroatoms. The molecule has 12 atom stereocenters. The van der Waals surface area contributed by atoms with Crippen LogP contribution in [0.25, 0.3) is 0 Å². The molecule has 216 valence electrons. The molecular weight excluding hydrogens is 484 g/mol. The maximum Gasteiger partial charge on any atom is 0.407 e. The Balaban J connectivity index is 1.79.